The van der Waals surface area contributed by atoms with Crippen LogP contribution in [0.2, 0.25) is 0 Å². The lowest BCUT2D eigenvalue weighted by Gasteiger charge is -2.12. The van der Waals surface area contributed by atoms with Crippen molar-refractivity contribution in [3.63, 3.8) is 0 Å². The van der Waals surface area contributed by atoms with Crippen molar-refractivity contribution in [2.45, 2.75) is 19.8 Å². The van der Waals surface area contributed by atoms with E-state index in [1.165, 1.54) is 5.56 Å². The van der Waals surface area contributed by atoms with Gasteiger partial charge in [0.05, 0.1) is 5.69 Å². The highest BCUT2D eigenvalue weighted by Gasteiger charge is 2.15. The minimum atomic E-state index is 0.393. The lowest BCUT2D eigenvalue weighted by Crippen LogP contribution is -2.06. The highest BCUT2D eigenvalue weighted by Crippen LogP contribution is 2.28. The standard InChI is InChI=1S/C17H18N4/c1-12(2)14-10-6-7-11-15(14)21-17(18)16(19-20-21)13-8-4-3-5-9-13/h3-12H,18H2,1-2H3. The molecule has 0 atom stereocenters. The molecular weight excluding hydrogens is 260 g/mol. The van der Waals surface area contributed by atoms with Crippen LogP contribution < -0.4 is 5.73 Å². The smallest absolute Gasteiger partial charge is 0.155 e. The van der Waals surface area contributed by atoms with Gasteiger partial charge in [-0.1, -0.05) is 67.6 Å². The molecule has 0 unspecified atom stereocenters. The van der Waals surface area contributed by atoms with Gasteiger partial charge in [0.15, 0.2) is 5.82 Å². The second-order valence-electron chi connectivity index (χ2n) is 5.31. The summed E-state index contributed by atoms with van der Waals surface area (Å²) in [6, 6.07) is 18.0. The van der Waals surface area contributed by atoms with Crippen LogP contribution in [0.5, 0.6) is 0 Å². The van der Waals surface area contributed by atoms with E-state index in [1.807, 2.05) is 48.5 Å². The van der Waals surface area contributed by atoms with Crippen LogP contribution in [0.4, 0.5) is 5.82 Å². The van der Waals surface area contributed by atoms with Crippen LogP contribution in [0, 0.1) is 0 Å². The molecule has 106 valence electrons. The number of hydrogen-bond donors (Lipinski definition) is 1. The quantitative estimate of drug-likeness (QED) is 0.795. The number of anilines is 1. The summed E-state index contributed by atoms with van der Waals surface area (Å²) < 4.78 is 1.72. The molecule has 3 aromatic rings. The van der Waals surface area contributed by atoms with Gasteiger partial charge < -0.3 is 5.73 Å². The molecule has 1 aromatic heterocycles. The molecular formula is C17H18N4. The van der Waals surface area contributed by atoms with Gasteiger partial charge >= 0.3 is 0 Å². The molecule has 21 heavy (non-hydrogen) atoms. The predicted octanol–water partition coefficient (Wildman–Crippen LogP) is 3.64. The summed E-state index contributed by atoms with van der Waals surface area (Å²) in [4.78, 5) is 0. The molecule has 0 saturated carbocycles. The summed E-state index contributed by atoms with van der Waals surface area (Å²) >= 11 is 0. The Morgan fingerprint density at radius 2 is 1.62 bits per heavy atom. The van der Waals surface area contributed by atoms with Crippen LogP contribution in [0.3, 0.4) is 0 Å². The Bertz CT molecular complexity index is 744. The van der Waals surface area contributed by atoms with Crippen molar-refractivity contribution in [2.75, 3.05) is 5.73 Å². The summed E-state index contributed by atoms with van der Waals surface area (Å²) in [6.07, 6.45) is 0. The second-order valence-corrected chi connectivity index (χ2v) is 5.31. The fourth-order valence-corrected chi connectivity index (χ4v) is 2.44. The third-order valence-corrected chi connectivity index (χ3v) is 3.54. The number of benzene rings is 2. The van der Waals surface area contributed by atoms with Crippen molar-refractivity contribution >= 4 is 5.82 Å². The lowest BCUT2D eigenvalue weighted by molar-refractivity contribution is 0.776. The molecule has 0 amide bonds. The normalized spacial score (nSPS) is 11.0. The summed E-state index contributed by atoms with van der Waals surface area (Å²) in [7, 11) is 0. The van der Waals surface area contributed by atoms with Crippen LogP contribution in [-0.4, -0.2) is 15.0 Å². The van der Waals surface area contributed by atoms with E-state index < -0.39 is 0 Å². The largest absolute Gasteiger partial charge is 0.382 e. The zero-order chi connectivity index (χ0) is 14.8. The third-order valence-electron chi connectivity index (χ3n) is 3.54. The summed E-state index contributed by atoms with van der Waals surface area (Å²) in [5, 5.41) is 8.50. The van der Waals surface area contributed by atoms with Crippen molar-refractivity contribution in [3.8, 4) is 16.9 Å². The zero-order valence-corrected chi connectivity index (χ0v) is 12.2. The minimum Gasteiger partial charge on any atom is -0.382 e. The summed E-state index contributed by atoms with van der Waals surface area (Å²) in [5.74, 6) is 0.958. The first-order valence-corrected chi connectivity index (χ1v) is 7.04. The number of aromatic nitrogens is 3. The van der Waals surface area contributed by atoms with Crippen LogP contribution in [0.1, 0.15) is 25.3 Å². The van der Waals surface area contributed by atoms with Crippen molar-refractivity contribution in [3.05, 3.63) is 60.2 Å². The number of nitrogens with zero attached hydrogens (tertiary/aromatic N) is 3. The van der Waals surface area contributed by atoms with Crippen molar-refractivity contribution in [1.29, 1.82) is 0 Å². The molecule has 0 saturated heterocycles. The van der Waals surface area contributed by atoms with Gasteiger partial charge in [-0.3, -0.25) is 0 Å². The van der Waals surface area contributed by atoms with Crippen LogP contribution in [-0.2, 0) is 0 Å². The molecule has 4 nitrogen and oxygen atoms in total. The third kappa shape index (κ3) is 2.40. The van der Waals surface area contributed by atoms with Gasteiger partial charge in [-0.2, -0.15) is 4.68 Å². The van der Waals surface area contributed by atoms with E-state index >= 15 is 0 Å². The van der Waals surface area contributed by atoms with E-state index in [4.69, 9.17) is 5.73 Å². The molecule has 0 aliphatic heterocycles. The van der Waals surface area contributed by atoms with Crippen LogP contribution >= 0.6 is 0 Å². The topological polar surface area (TPSA) is 56.7 Å². The van der Waals surface area contributed by atoms with Gasteiger partial charge in [0.1, 0.15) is 5.69 Å². The average molecular weight is 278 g/mol. The first-order chi connectivity index (χ1) is 10.2. The van der Waals surface area contributed by atoms with E-state index in [0.29, 0.717) is 17.4 Å². The first-order valence-electron chi connectivity index (χ1n) is 7.04. The highest BCUT2D eigenvalue weighted by atomic mass is 15.5. The lowest BCUT2D eigenvalue weighted by atomic mass is 10.0. The minimum absolute atomic E-state index is 0.393. The Hall–Kier alpha value is -2.62. The van der Waals surface area contributed by atoms with Gasteiger partial charge in [0.25, 0.3) is 0 Å². The first kappa shape index (κ1) is 13.4. The molecule has 2 aromatic carbocycles. The molecule has 0 fully saturated rings. The Kier molecular flexibility index (Phi) is 3.44. The zero-order valence-electron chi connectivity index (χ0n) is 12.2. The number of para-hydroxylation sites is 1. The van der Waals surface area contributed by atoms with Crippen LogP contribution in [0.15, 0.2) is 54.6 Å². The molecule has 0 aliphatic carbocycles. The Balaban J connectivity index is 2.12. The second kappa shape index (κ2) is 5.40. The number of hydrogen-bond acceptors (Lipinski definition) is 3. The van der Waals surface area contributed by atoms with E-state index in [0.717, 1.165) is 11.3 Å². The molecule has 3 rings (SSSR count). The predicted molar refractivity (Wildman–Crippen MR) is 85.3 cm³/mol. The maximum atomic E-state index is 6.27. The average Bonchev–Trinajstić information content (AvgIpc) is 2.89. The molecule has 1 heterocycles. The Labute approximate surface area is 124 Å². The van der Waals surface area contributed by atoms with E-state index in [1.54, 1.807) is 4.68 Å². The summed E-state index contributed by atoms with van der Waals surface area (Å²) in [5.41, 5.74) is 10.2. The molecule has 2 N–H and O–H groups in total. The Morgan fingerprint density at radius 1 is 0.952 bits per heavy atom. The SMILES string of the molecule is CC(C)c1ccccc1-n1nnc(-c2ccccc2)c1N. The number of nitrogen functional groups attached to an aromatic ring is 1. The highest BCUT2D eigenvalue weighted by molar-refractivity contribution is 5.71. The fraction of sp³-hybridized carbons (Fsp3) is 0.176. The monoisotopic (exact) mass is 278 g/mol. The van der Waals surface area contributed by atoms with E-state index in [2.05, 4.69) is 30.2 Å². The molecule has 0 spiro atoms. The van der Waals surface area contributed by atoms with E-state index in [-0.39, 0.29) is 0 Å². The number of rotatable bonds is 3. The van der Waals surface area contributed by atoms with Crippen molar-refractivity contribution in [2.24, 2.45) is 0 Å². The summed E-state index contributed by atoms with van der Waals surface area (Å²) in [6.45, 7) is 4.31. The molecule has 0 bridgehead atoms. The van der Waals surface area contributed by atoms with Crippen molar-refractivity contribution < 1.29 is 0 Å². The van der Waals surface area contributed by atoms with Crippen LogP contribution in [0.25, 0.3) is 16.9 Å². The molecule has 0 radical (unpaired) electrons. The van der Waals surface area contributed by atoms with Gasteiger partial charge in [-0.25, -0.2) is 0 Å². The fourth-order valence-electron chi connectivity index (χ4n) is 2.44. The number of nitrogens with two attached hydrogens (primary N) is 1. The van der Waals surface area contributed by atoms with Gasteiger partial charge in [-0.15, -0.1) is 5.10 Å². The van der Waals surface area contributed by atoms with Gasteiger partial charge in [0, 0.05) is 5.56 Å². The van der Waals surface area contributed by atoms with Crippen molar-refractivity contribution in [1.82, 2.24) is 15.0 Å². The van der Waals surface area contributed by atoms with E-state index in [9.17, 15) is 0 Å². The molecule has 4 heteroatoms. The van der Waals surface area contributed by atoms with Gasteiger partial charge in [-0.05, 0) is 17.5 Å². The maximum Gasteiger partial charge on any atom is 0.155 e. The Morgan fingerprint density at radius 3 is 2.33 bits per heavy atom. The maximum absolute atomic E-state index is 6.27. The molecule has 0 aliphatic rings. The van der Waals surface area contributed by atoms with Gasteiger partial charge in [0.2, 0.25) is 0 Å².